The fourth-order valence-corrected chi connectivity index (χ4v) is 2.41. The lowest BCUT2D eigenvalue weighted by atomic mass is 9.86. The summed E-state index contributed by atoms with van der Waals surface area (Å²) in [6.45, 7) is 10.9. The number of nitrogens with zero attached hydrogens (tertiary/aromatic N) is 1. The quantitative estimate of drug-likeness (QED) is 0.843. The third-order valence-electron chi connectivity index (χ3n) is 3.46. The minimum Gasteiger partial charge on any atom is -0.444 e. The summed E-state index contributed by atoms with van der Waals surface area (Å²) in [5.74, 6) is 1.25. The van der Waals surface area contributed by atoms with Gasteiger partial charge in [0, 0.05) is 13.6 Å². The number of hydrogen-bond acceptors (Lipinski definition) is 3. The zero-order chi connectivity index (χ0) is 13.8. The van der Waals surface area contributed by atoms with Gasteiger partial charge in [-0.3, -0.25) is 0 Å². The predicted molar refractivity (Wildman–Crippen MR) is 73.6 cm³/mol. The van der Waals surface area contributed by atoms with Gasteiger partial charge in [0.1, 0.15) is 5.60 Å². The summed E-state index contributed by atoms with van der Waals surface area (Å²) >= 11 is 0. The fourth-order valence-electron chi connectivity index (χ4n) is 2.41. The van der Waals surface area contributed by atoms with Gasteiger partial charge in [-0.05, 0) is 58.5 Å². The molecule has 0 bridgehead atoms. The maximum absolute atomic E-state index is 11.9. The van der Waals surface area contributed by atoms with Crippen molar-refractivity contribution in [3.05, 3.63) is 0 Å². The number of rotatable bonds is 3. The number of carbonyl (C=O) groups excluding carboxylic acids is 1. The first-order chi connectivity index (χ1) is 8.29. The van der Waals surface area contributed by atoms with E-state index < -0.39 is 5.60 Å². The van der Waals surface area contributed by atoms with Crippen molar-refractivity contribution in [2.75, 3.05) is 26.7 Å². The van der Waals surface area contributed by atoms with E-state index in [-0.39, 0.29) is 6.09 Å². The Balaban J connectivity index is 2.38. The Labute approximate surface area is 111 Å². The second kappa shape index (κ2) is 6.41. The summed E-state index contributed by atoms with van der Waals surface area (Å²) in [7, 11) is 1.83. The summed E-state index contributed by atoms with van der Waals surface area (Å²) in [6.07, 6.45) is 2.20. The molecule has 1 rings (SSSR count). The van der Waals surface area contributed by atoms with Crippen LogP contribution in [0.15, 0.2) is 0 Å². The highest BCUT2D eigenvalue weighted by atomic mass is 16.6. The van der Waals surface area contributed by atoms with Crippen molar-refractivity contribution in [1.29, 1.82) is 0 Å². The molecular formula is C14H28N2O2. The summed E-state index contributed by atoms with van der Waals surface area (Å²) in [6, 6.07) is 0. The van der Waals surface area contributed by atoms with Crippen LogP contribution in [-0.4, -0.2) is 43.3 Å². The lowest BCUT2D eigenvalue weighted by Gasteiger charge is -2.32. The van der Waals surface area contributed by atoms with Gasteiger partial charge in [0.25, 0.3) is 0 Å². The first kappa shape index (κ1) is 15.3. The van der Waals surface area contributed by atoms with Gasteiger partial charge in [-0.1, -0.05) is 6.92 Å². The maximum Gasteiger partial charge on any atom is 0.410 e. The van der Waals surface area contributed by atoms with Crippen LogP contribution in [0, 0.1) is 11.8 Å². The van der Waals surface area contributed by atoms with Crippen LogP contribution in [0.5, 0.6) is 0 Å². The molecule has 0 aromatic heterocycles. The molecule has 106 valence electrons. The second-order valence-corrected chi connectivity index (χ2v) is 6.43. The molecule has 0 radical (unpaired) electrons. The normalized spacial score (nSPS) is 19.4. The molecule has 1 fully saturated rings. The molecule has 1 amide bonds. The molecule has 1 unspecified atom stereocenters. The van der Waals surface area contributed by atoms with E-state index in [0.717, 1.165) is 25.6 Å². The predicted octanol–water partition coefficient (Wildman–Crippen LogP) is 2.49. The van der Waals surface area contributed by atoms with Gasteiger partial charge in [0.2, 0.25) is 0 Å². The van der Waals surface area contributed by atoms with Gasteiger partial charge in [0.15, 0.2) is 0 Å². The number of amides is 1. The van der Waals surface area contributed by atoms with Gasteiger partial charge in [-0.2, -0.15) is 0 Å². The van der Waals surface area contributed by atoms with Gasteiger partial charge < -0.3 is 15.0 Å². The van der Waals surface area contributed by atoms with Crippen LogP contribution < -0.4 is 5.32 Å². The molecule has 0 aromatic carbocycles. The van der Waals surface area contributed by atoms with Crippen LogP contribution in [0.4, 0.5) is 4.79 Å². The van der Waals surface area contributed by atoms with Crippen LogP contribution in [0.25, 0.3) is 0 Å². The molecule has 1 atom stereocenters. The lowest BCUT2D eigenvalue weighted by molar-refractivity contribution is 0.0256. The lowest BCUT2D eigenvalue weighted by Crippen LogP contribution is -2.39. The maximum atomic E-state index is 11.9. The Hall–Kier alpha value is -0.770. The monoisotopic (exact) mass is 256 g/mol. The Morgan fingerprint density at radius 3 is 2.44 bits per heavy atom. The molecule has 4 heteroatoms. The highest BCUT2D eigenvalue weighted by molar-refractivity contribution is 5.67. The molecule has 1 saturated heterocycles. The average molecular weight is 256 g/mol. The largest absolute Gasteiger partial charge is 0.444 e. The van der Waals surface area contributed by atoms with Crippen LogP contribution in [0.1, 0.15) is 40.5 Å². The highest BCUT2D eigenvalue weighted by Crippen LogP contribution is 2.22. The first-order valence-corrected chi connectivity index (χ1v) is 6.94. The minimum absolute atomic E-state index is 0.219. The third-order valence-corrected chi connectivity index (χ3v) is 3.46. The van der Waals surface area contributed by atoms with E-state index in [1.807, 2.05) is 27.8 Å². The number of carbonyl (C=O) groups is 1. The topological polar surface area (TPSA) is 41.6 Å². The highest BCUT2D eigenvalue weighted by Gasteiger charge is 2.25. The van der Waals surface area contributed by atoms with Crippen molar-refractivity contribution in [2.45, 2.75) is 46.1 Å². The molecule has 1 aliphatic heterocycles. The molecule has 0 aliphatic carbocycles. The van der Waals surface area contributed by atoms with Crippen LogP contribution >= 0.6 is 0 Å². The standard InChI is InChI=1S/C14H28N2O2/c1-11(12-6-8-15-9-7-12)10-16(5)13(17)18-14(2,3)4/h11-12,15H,6-10H2,1-5H3. The van der Waals surface area contributed by atoms with Crippen molar-refractivity contribution >= 4 is 6.09 Å². The van der Waals surface area contributed by atoms with Crippen molar-refractivity contribution in [3.8, 4) is 0 Å². The Morgan fingerprint density at radius 2 is 1.94 bits per heavy atom. The summed E-state index contributed by atoms with van der Waals surface area (Å²) < 4.78 is 5.36. The summed E-state index contributed by atoms with van der Waals surface area (Å²) in [5.41, 5.74) is -0.413. The Bertz CT molecular complexity index is 267. The SMILES string of the molecule is CC(CN(C)C(=O)OC(C)(C)C)C1CCNCC1. The van der Waals surface area contributed by atoms with Crippen molar-refractivity contribution < 1.29 is 9.53 Å². The van der Waals surface area contributed by atoms with E-state index in [0.29, 0.717) is 5.92 Å². The minimum atomic E-state index is -0.413. The first-order valence-electron chi connectivity index (χ1n) is 6.94. The number of ether oxygens (including phenoxy) is 1. The van der Waals surface area contributed by atoms with E-state index in [9.17, 15) is 4.79 Å². The van der Waals surface area contributed by atoms with E-state index in [4.69, 9.17) is 4.74 Å². The molecule has 0 saturated carbocycles. The number of piperidine rings is 1. The molecule has 0 aromatic rings. The van der Waals surface area contributed by atoms with Gasteiger partial charge in [-0.15, -0.1) is 0 Å². The Kier molecular flexibility index (Phi) is 5.45. The molecule has 1 heterocycles. The van der Waals surface area contributed by atoms with E-state index >= 15 is 0 Å². The van der Waals surface area contributed by atoms with Crippen molar-refractivity contribution in [1.82, 2.24) is 10.2 Å². The van der Waals surface area contributed by atoms with Crippen LogP contribution in [0.3, 0.4) is 0 Å². The fraction of sp³-hybridized carbons (Fsp3) is 0.929. The number of hydrogen-bond donors (Lipinski definition) is 1. The molecule has 0 spiro atoms. The molecule has 18 heavy (non-hydrogen) atoms. The Morgan fingerprint density at radius 1 is 1.39 bits per heavy atom. The van der Waals surface area contributed by atoms with Crippen LogP contribution in [0.2, 0.25) is 0 Å². The van der Waals surface area contributed by atoms with E-state index in [1.165, 1.54) is 12.8 Å². The average Bonchev–Trinajstić information content (AvgIpc) is 2.27. The van der Waals surface area contributed by atoms with Crippen LogP contribution in [-0.2, 0) is 4.74 Å². The van der Waals surface area contributed by atoms with Gasteiger partial charge in [-0.25, -0.2) is 4.79 Å². The number of nitrogens with one attached hydrogen (secondary N) is 1. The van der Waals surface area contributed by atoms with Gasteiger partial charge in [0.05, 0.1) is 0 Å². The van der Waals surface area contributed by atoms with E-state index in [1.54, 1.807) is 4.90 Å². The summed E-state index contributed by atoms with van der Waals surface area (Å²) in [5, 5.41) is 3.37. The third kappa shape index (κ3) is 5.25. The van der Waals surface area contributed by atoms with Gasteiger partial charge >= 0.3 is 6.09 Å². The zero-order valence-corrected chi connectivity index (χ0v) is 12.5. The van der Waals surface area contributed by atoms with E-state index in [2.05, 4.69) is 12.2 Å². The van der Waals surface area contributed by atoms with Crippen molar-refractivity contribution in [2.24, 2.45) is 11.8 Å². The summed E-state index contributed by atoms with van der Waals surface area (Å²) in [4.78, 5) is 13.6. The zero-order valence-electron chi connectivity index (χ0n) is 12.5. The molecule has 1 N–H and O–H groups in total. The molecule has 1 aliphatic rings. The van der Waals surface area contributed by atoms with Crippen molar-refractivity contribution in [3.63, 3.8) is 0 Å². The molecule has 4 nitrogen and oxygen atoms in total. The smallest absolute Gasteiger partial charge is 0.410 e. The second-order valence-electron chi connectivity index (χ2n) is 6.43. The molecular weight excluding hydrogens is 228 g/mol.